The van der Waals surface area contributed by atoms with Gasteiger partial charge in [0.15, 0.2) is 0 Å². The predicted octanol–water partition coefficient (Wildman–Crippen LogP) is 4.97. The number of piperazine rings is 1. The number of carbonyl (C=O) groups is 1. The zero-order valence-corrected chi connectivity index (χ0v) is 22.5. The van der Waals surface area contributed by atoms with Crippen molar-refractivity contribution in [2.24, 2.45) is 0 Å². The van der Waals surface area contributed by atoms with Crippen LogP contribution >= 0.6 is 0 Å². The molecular formula is C29H39FN6O. The molecule has 2 amide bonds. The SMILES string of the molecule is CCC(C)N(Cc1c(C)nn(-c2cccc(F)c2)c1N1CCN(CC)CC1)C(=O)NCc1ccccc1. The Kier molecular flexibility index (Phi) is 8.82. The van der Waals surface area contributed by atoms with Crippen LogP contribution in [0.1, 0.15) is 44.0 Å². The minimum absolute atomic E-state index is 0.0393. The van der Waals surface area contributed by atoms with Crippen LogP contribution in [0.4, 0.5) is 15.0 Å². The number of rotatable bonds is 9. The molecule has 3 aromatic rings. The third-order valence-corrected chi connectivity index (χ3v) is 7.33. The number of anilines is 1. The van der Waals surface area contributed by atoms with E-state index >= 15 is 0 Å². The molecule has 4 rings (SSSR count). The van der Waals surface area contributed by atoms with Gasteiger partial charge in [-0.15, -0.1) is 0 Å². The van der Waals surface area contributed by atoms with Crippen LogP contribution in [0.15, 0.2) is 54.6 Å². The molecule has 1 aliphatic heterocycles. The van der Waals surface area contributed by atoms with Gasteiger partial charge in [-0.2, -0.15) is 5.10 Å². The second-order valence-electron chi connectivity index (χ2n) is 9.73. The summed E-state index contributed by atoms with van der Waals surface area (Å²) >= 11 is 0. The lowest BCUT2D eigenvalue weighted by atomic mass is 10.1. The van der Waals surface area contributed by atoms with Gasteiger partial charge in [0.05, 0.1) is 17.9 Å². The van der Waals surface area contributed by atoms with Gasteiger partial charge in [-0.25, -0.2) is 13.9 Å². The first-order chi connectivity index (χ1) is 17.9. The third-order valence-electron chi connectivity index (χ3n) is 7.33. The maximum atomic E-state index is 14.2. The zero-order valence-electron chi connectivity index (χ0n) is 22.5. The number of halogens is 1. The molecular weight excluding hydrogens is 467 g/mol. The summed E-state index contributed by atoms with van der Waals surface area (Å²) in [6, 6.07) is 16.4. The van der Waals surface area contributed by atoms with E-state index in [1.54, 1.807) is 6.07 Å². The first kappa shape index (κ1) is 26.7. The molecule has 1 N–H and O–H groups in total. The summed E-state index contributed by atoms with van der Waals surface area (Å²) in [4.78, 5) is 20.1. The Labute approximate surface area is 219 Å². The number of hydrogen-bond donors (Lipinski definition) is 1. The van der Waals surface area contributed by atoms with Gasteiger partial charge in [-0.1, -0.05) is 50.2 Å². The van der Waals surface area contributed by atoms with E-state index in [1.165, 1.54) is 12.1 Å². The van der Waals surface area contributed by atoms with Gasteiger partial charge in [-0.3, -0.25) is 0 Å². The van der Waals surface area contributed by atoms with Crippen molar-refractivity contribution < 1.29 is 9.18 Å². The molecule has 37 heavy (non-hydrogen) atoms. The van der Waals surface area contributed by atoms with Crippen molar-refractivity contribution in [2.75, 3.05) is 37.6 Å². The van der Waals surface area contributed by atoms with Gasteiger partial charge in [0, 0.05) is 44.3 Å². The zero-order chi connectivity index (χ0) is 26.4. The summed E-state index contributed by atoms with van der Waals surface area (Å²) in [5.74, 6) is 0.651. The number of nitrogens with one attached hydrogen (secondary N) is 1. The number of aromatic nitrogens is 2. The van der Waals surface area contributed by atoms with E-state index in [2.05, 4.69) is 35.9 Å². The maximum Gasteiger partial charge on any atom is 0.318 e. The number of hydrogen-bond acceptors (Lipinski definition) is 4. The van der Waals surface area contributed by atoms with Gasteiger partial charge in [0.25, 0.3) is 0 Å². The Morgan fingerprint density at radius 2 is 1.81 bits per heavy atom. The van der Waals surface area contributed by atoms with Crippen LogP contribution in [-0.2, 0) is 13.1 Å². The van der Waals surface area contributed by atoms with Gasteiger partial charge in [-0.05, 0) is 50.6 Å². The van der Waals surface area contributed by atoms with E-state index < -0.39 is 0 Å². The molecule has 1 atom stereocenters. The largest absolute Gasteiger partial charge is 0.354 e. The highest BCUT2D eigenvalue weighted by Gasteiger charge is 2.29. The normalized spacial score (nSPS) is 15.0. The highest BCUT2D eigenvalue weighted by atomic mass is 19.1. The van der Waals surface area contributed by atoms with Crippen LogP contribution in [0.2, 0.25) is 0 Å². The second-order valence-corrected chi connectivity index (χ2v) is 9.73. The van der Waals surface area contributed by atoms with Crippen LogP contribution in [-0.4, -0.2) is 64.4 Å². The molecule has 0 spiro atoms. The van der Waals surface area contributed by atoms with Crippen molar-refractivity contribution in [3.05, 3.63) is 77.2 Å². The molecule has 1 aromatic heterocycles. The second kappa shape index (κ2) is 12.2. The fraction of sp³-hybridized carbons (Fsp3) is 0.448. The first-order valence-electron chi connectivity index (χ1n) is 13.3. The van der Waals surface area contributed by atoms with Crippen LogP contribution in [0.3, 0.4) is 0 Å². The van der Waals surface area contributed by atoms with E-state index in [-0.39, 0.29) is 17.9 Å². The summed E-state index contributed by atoms with van der Waals surface area (Å²) in [7, 11) is 0. The summed E-state index contributed by atoms with van der Waals surface area (Å²) in [5.41, 5.74) is 3.60. The van der Waals surface area contributed by atoms with Crippen molar-refractivity contribution >= 4 is 11.8 Å². The Bertz CT molecular complexity index is 1170. The monoisotopic (exact) mass is 506 g/mol. The molecule has 1 fully saturated rings. The van der Waals surface area contributed by atoms with Gasteiger partial charge >= 0.3 is 6.03 Å². The Morgan fingerprint density at radius 3 is 2.46 bits per heavy atom. The minimum Gasteiger partial charge on any atom is -0.354 e. The Balaban J connectivity index is 1.67. The van der Waals surface area contributed by atoms with Crippen LogP contribution < -0.4 is 10.2 Å². The molecule has 0 aliphatic carbocycles. The van der Waals surface area contributed by atoms with Crippen molar-refractivity contribution in [3.8, 4) is 5.69 Å². The fourth-order valence-corrected chi connectivity index (χ4v) is 4.81. The molecule has 0 radical (unpaired) electrons. The minimum atomic E-state index is -0.296. The lowest BCUT2D eigenvalue weighted by Crippen LogP contribution is -2.48. The molecule has 2 aromatic carbocycles. The smallest absolute Gasteiger partial charge is 0.318 e. The van der Waals surface area contributed by atoms with Crippen molar-refractivity contribution in [3.63, 3.8) is 0 Å². The molecule has 1 aliphatic rings. The Hall–Kier alpha value is -3.39. The standard InChI is InChI=1S/C29H39FN6O/c1-5-22(3)35(29(37)31-20-24-11-8-7-9-12-24)21-27-23(4)32-36(26-14-10-13-25(30)19-26)28(27)34-17-15-33(6-2)16-18-34/h7-14,19,22H,5-6,15-18,20-21H2,1-4H3,(H,31,37). The topological polar surface area (TPSA) is 56.6 Å². The molecule has 0 bridgehead atoms. The van der Waals surface area contributed by atoms with E-state index in [1.807, 2.05) is 52.9 Å². The lowest BCUT2D eigenvalue weighted by Gasteiger charge is -2.37. The number of carbonyl (C=O) groups excluding carboxylic acids is 1. The van der Waals surface area contributed by atoms with E-state index in [4.69, 9.17) is 5.10 Å². The number of urea groups is 1. The average molecular weight is 507 g/mol. The van der Waals surface area contributed by atoms with Gasteiger partial charge < -0.3 is 20.0 Å². The fourth-order valence-electron chi connectivity index (χ4n) is 4.81. The Morgan fingerprint density at radius 1 is 1.08 bits per heavy atom. The van der Waals surface area contributed by atoms with Gasteiger partial charge in [0.1, 0.15) is 11.6 Å². The molecule has 0 saturated carbocycles. The first-order valence-corrected chi connectivity index (χ1v) is 13.3. The molecule has 1 unspecified atom stereocenters. The summed E-state index contributed by atoms with van der Waals surface area (Å²) in [6.07, 6.45) is 0.834. The summed E-state index contributed by atoms with van der Waals surface area (Å²) < 4.78 is 16.1. The molecule has 8 heteroatoms. The summed E-state index contributed by atoms with van der Waals surface area (Å²) in [6.45, 7) is 13.9. The predicted molar refractivity (Wildman–Crippen MR) is 147 cm³/mol. The number of likely N-dealkylation sites (N-methyl/N-ethyl adjacent to an activating group) is 1. The quantitative estimate of drug-likeness (QED) is 0.445. The molecule has 2 heterocycles. The number of benzene rings is 2. The molecule has 198 valence electrons. The van der Waals surface area contributed by atoms with Gasteiger partial charge in [0.2, 0.25) is 0 Å². The highest BCUT2D eigenvalue weighted by Crippen LogP contribution is 2.30. The number of amides is 2. The van der Waals surface area contributed by atoms with E-state index in [0.29, 0.717) is 18.8 Å². The molecule has 7 nitrogen and oxygen atoms in total. The van der Waals surface area contributed by atoms with Crippen molar-refractivity contribution in [2.45, 2.75) is 53.2 Å². The van der Waals surface area contributed by atoms with Crippen LogP contribution in [0.25, 0.3) is 5.69 Å². The van der Waals surface area contributed by atoms with Crippen molar-refractivity contribution in [1.29, 1.82) is 0 Å². The third kappa shape index (κ3) is 6.31. The maximum absolute atomic E-state index is 14.2. The highest BCUT2D eigenvalue weighted by molar-refractivity contribution is 5.75. The van der Waals surface area contributed by atoms with E-state index in [0.717, 1.165) is 61.8 Å². The van der Waals surface area contributed by atoms with Crippen molar-refractivity contribution in [1.82, 2.24) is 24.9 Å². The summed E-state index contributed by atoms with van der Waals surface area (Å²) in [5, 5.41) is 7.97. The lowest BCUT2D eigenvalue weighted by molar-refractivity contribution is 0.172. The number of aryl methyl sites for hydroxylation is 1. The van der Waals surface area contributed by atoms with Crippen LogP contribution in [0.5, 0.6) is 0 Å². The van der Waals surface area contributed by atoms with Crippen LogP contribution in [0, 0.1) is 12.7 Å². The van der Waals surface area contributed by atoms with E-state index in [9.17, 15) is 9.18 Å². The number of nitrogens with zero attached hydrogens (tertiary/aromatic N) is 5. The molecule has 1 saturated heterocycles. The average Bonchev–Trinajstić information content (AvgIpc) is 3.26.